The zero-order valence-electron chi connectivity index (χ0n) is 11.6. The molecule has 3 rings (SSSR count). The van der Waals surface area contributed by atoms with Crippen LogP contribution in [-0.2, 0) is 0 Å². The van der Waals surface area contributed by atoms with Crippen LogP contribution in [0.25, 0.3) is 0 Å². The summed E-state index contributed by atoms with van der Waals surface area (Å²) in [4.78, 5) is 14.5. The molecule has 5 heteroatoms. The van der Waals surface area contributed by atoms with Crippen LogP contribution < -0.4 is 20.9 Å². The van der Waals surface area contributed by atoms with Gasteiger partial charge in [0.05, 0.1) is 12.3 Å². The van der Waals surface area contributed by atoms with E-state index in [1.165, 1.54) is 0 Å². The number of nitrogens with two attached hydrogens (primary N) is 1. The summed E-state index contributed by atoms with van der Waals surface area (Å²) in [6.45, 7) is 1.27. The zero-order chi connectivity index (χ0) is 14.7. The van der Waals surface area contributed by atoms with Crippen LogP contribution in [0.5, 0.6) is 5.75 Å². The van der Waals surface area contributed by atoms with E-state index in [1.807, 2.05) is 24.3 Å². The van der Waals surface area contributed by atoms with E-state index >= 15 is 0 Å². The zero-order valence-corrected chi connectivity index (χ0v) is 11.6. The van der Waals surface area contributed by atoms with Gasteiger partial charge in [0.2, 0.25) is 0 Å². The molecule has 0 unspecified atom stereocenters. The van der Waals surface area contributed by atoms with E-state index in [0.717, 1.165) is 23.5 Å². The Labute approximate surface area is 123 Å². The second kappa shape index (κ2) is 5.85. The van der Waals surface area contributed by atoms with Gasteiger partial charge in [0.15, 0.2) is 0 Å². The highest BCUT2D eigenvalue weighted by Gasteiger charge is 2.22. The Hall–Kier alpha value is -2.53. The number of hydrazine groups is 1. The van der Waals surface area contributed by atoms with Crippen molar-refractivity contribution in [3.8, 4) is 5.75 Å². The first-order chi connectivity index (χ1) is 10.3. The molecule has 0 spiro atoms. The van der Waals surface area contributed by atoms with Gasteiger partial charge in [-0.2, -0.15) is 0 Å². The molecule has 5 nitrogen and oxygen atoms in total. The molecule has 0 bridgehead atoms. The molecule has 0 atom stereocenters. The smallest absolute Gasteiger partial charge is 0.258 e. The monoisotopic (exact) mass is 283 g/mol. The molecule has 0 saturated heterocycles. The van der Waals surface area contributed by atoms with Gasteiger partial charge in [-0.25, -0.2) is 0 Å². The lowest BCUT2D eigenvalue weighted by molar-refractivity contribution is 0.0987. The Morgan fingerprint density at radius 3 is 2.67 bits per heavy atom. The van der Waals surface area contributed by atoms with Gasteiger partial charge in [0.1, 0.15) is 5.75 Å². The van der Waals surface area contributed by atoms with Crippen molar-refractivity contribution in [2.24, 2.45) is 5.84 Å². The molecule has 0 radical (unpaired) electrons. The second-order valence-corrected chi connectivity index (χ2v) is 4.85. The summed E-state index contributed by atoms with van der Waals surface area (Å²) < 4.78 is 5.68. The molecule has 3 N–H and O–H groups in total. The number of carbonyl (C=O) groups is 1. The number of amides is 1. The highest BCUT2D eigenvalue weighted by Crippen LogP contribution is 2.31. The summed E-state index contributed by atoms with van der Waals surface area (Å²) in [5.74, 6) is 6.06. The van der Waals surface area contributed by atoms with Crippen LogP contribution in [0.1, 0.15) is 16.8 Å². The number of anilines is 2. The van der Waals surface area contributed by atoms with Gasteiger partial charge in [0, 0.05) is 17.8 Å². The number of fused-ring (bicyclic) bond motifs is 1. The topological polar surface area (TPSA) is 67.6 Å². The first-order valence-electron chi connectivity index (χ1n) is 6.90. The molecule has 1 aliphatic rings. The lowest BCUT2D eigenvalue weighted by Gasteiger charge is -2.21. The third-order valence-electron chi connectivity index (χ3n) is 3.48. The van der Waals surface area contributed by atoms with Crippen molar-refractivity contribution in [2.75, 3.05) is 23.5 Å². The van der Waals surface area contributed by atoms with Gasteiger partial charge >= 0.3 is 0 Å². The number of nitrogens with one attached hydrogen (secondary N) is 1. The first kappa shape index (κ1) is 13.5. The molecule has 0 aliphatic carbocycles. The quantitative estimate of drug-likeness (QED) is 0.656. The van der Waals surface area contributed by atoms with Gasteiger partial charge in [-0.3, -0.25) is 10.6 Å². The number of carbonyl (C=O) groups excluding carboxylic acids is 1. The van der Waals surface area contributed by atoms with Gasteiger partial charge in [-0.05, 0) is 42.8 Å². The fourth-order valence-electron chi connectivity index (χ4n) is 2.40. The molecule has 0 fully saturated rings. The van der Waals surface area contributed by atoms with Crippen LogP contribution in [0.3, 0.4) is 0 Å². The van der Waals surface area contributed by atoms with E-state index in [9.17, 15) is 4.79 Å². The summed E-state index contributed by atoms with van der Waals surface area (Å²) in [6, 6.07) is 14.7. The number of nitrogen functional groups attached to an aromatic ring is 1. The predicted molar refractivity (Wildman–Crippen MR) is 82.5 cm³/mol. The lowest BCUT2D eigenvalue weighted by atomic mass is 10.1. The second-order valence-electron chi connectivity index (χ2n) is 4.85. The van der Waals surface area contributed by atoms with Crippen molar-refractivity contribution < 1.29 is 9.53 Å². The van der Waals surface area contributed by atoms with Crippen LogP contribution >= 0.6 is 0 Å². The van der Waals surface area contributed by atoms with Crippen LogP contribution in [0, 0.1) is 0 Å². The summed E-state index contributed by atoms with van der Waals surface area (Å²) in [5.41, 5.74) is 4.77. The van der Waals surface area contributed by atoms with Crippen LogP contribution in [-0.4, -0.2) is 19.1 Å². The van der Waals surface area contributed by atoms with Crippen molar-refractivity contribution in [3.63, 3.8) is 0 Å². The standard InChI is InChI=1S/C16H17N3O2/c17-18-13-8-6-12(7-9-13)16(20)19-10-3-11-21-15-5-2-1-4-14(15)19/h1-2,4-9,18H,3,10-11,17H2. The van der Waals surface area contributed by atoms with Crippen molar-refractivity contribution in [2.45, 2.75) is 6.42 Å². The minimum atomic E-state index is -0.0310. The average molecular weight is 283 g/mol. The Balaban J connectivity index is 1.93. The SMILES string of the molecule is NNc1ccc(C(=O)N2CCCOc3ccccc32)cc1. The van der Waals surface area contributed by atoms with E-state index in [4.69, 9.17) is 10.6 Å². The van der Waals surface area contributed by atoms with Crippen molar-refractivity contribution in [1.82, 2.24) is 0 Å². The molecular weight excluding hydrogens is 266 g/mol. The number of nitrogens with zero attached hydrogens (tertiary/aromatic N) is 1. The fraction of sp³-hybridized carbons (Fsp3) is 0.188. The van der Waals surface area contributed by atoms with E-state index in [0.29, 0.717) is 18.7 Å². The lowest BCUT2D eigenvalue weighted by Crippen LogP contribution is -2.31. The Morgan fingerprint density at radius 2 is 1.90 bits per heavy atom. The summed E-state index contributed by atoms with van der Waals surface area (Å²) in [7, 11) is 0. The Bertz CT molecular complexity index is 640. The van der Waals surface area contributed by atoms with E-state index in [-0.39, 0.29) is 5.91 Å². The number of rotatable bonds is 2. The van der Waals surface area contributed by atoms with Crippen LogP contribution in [0.15, 0.2) is 48.5 Å². The third-order valence-corrected chi connectivity index (χ3v) is 3.48. The molecule has 21 heavy (non-hydrogen) atoms. The van der Waals surface area contributed by atoms with Crippen molar-refractivity contribution in [1.29, 1.82) is 0 Å². The molecule has 0 saturated carbocycles. The normalized spacial score (nSPS) is 13.9. The number of ether oxygens (including phenoxy) is 1. The summed E-state index contributed by atoms with van der Waals surface area (Å²) in [6.07, 6.45) is 0.808. The largest absolute Gasteiger partial charge is 0.491 e. The maximum atomic E-state index is 12.7. The molecule has 2 aromatic rings. The predicted octanol–water partition coefficient (Wildman–Crippen LogP) is 2.40. The first-order valence-corrected chi connectivity index (χ1v) is 6.90. The number of hydrogen-bond acceptors (Lipinski definition) is 4. The molecule has 108 valence electrons. The van der Waals surface area contributed by atoms with E-state index < -0.39 is 0 Å². The van der Waals surface area contributed by atoms with E-state index in [2.05, 4.69) is 5.43 Å². The number of para-hydroxylation sites is 2. The number of benzene rings is 2. The maximum Gasteiger partial charge on any atom is 0.258 e. The van der Waals surface area contributed by atoms with Crippen LogP contribution in [0.2, 0.25) is 0 Å². The maximum absolute atomic E-state index is 12.7. The number of hydrogen-bond donors (Lipinski definition) is 2. The van der Waals surface area contributed by atoms with Gasteiger partial charge in [-0.15, -0.1) is 0 Å². The minimum Gasteiger partial charge on any atom is -0.491 e. The fourth-order valence-corrected chi connectivity index (χ4v) is 2.40. The van der Waals surface area contributed by atoms with Crippen molar-refractivity contribution in [3.05, 3.63) is 54.1 Å². The third kappa shape index (κ3) is 2.68. The molecule has 1 amide bonds. The van der Waals surface area contributed by atoms with Gasteiger partial charge in [0.25, 0.3) is 5.91 Å². The molecule has 1 aliphatic heterocycles. The van der Waals surface area contributed by atoms with Gasteiger partial charge < -0.3 is 15.1 Å². The summed E-state index contributed by atoms with van der Waals surface area (Å²) >= 11 is 0. The van der Waals surface area contributed by atoms with Crippen LogP contribution in [0.4, 0.5) is 11.4 Å². The highest BCUT2D eigenvalue weighted by molar-refractivity contribution is 6.07. The van der Waals surface area contributed by atoms with E-state index in [1.54, 1.807) is 29.2 Å². The molecule has 0 aromatic heterocycles. The van der Waals surface area contributed by atoms with Crippen molar-refractivity contribution >= 4 is 17.3 Å². The van der Waals surface area contributed by atoms with Gasteiger partial charge in [-0.1, -0.05) is 12.1 Å². The summed E-state index contributed by atoms with van der Waals surface area (Å²) in [5, 5.41) is 0. The Morgan fingerprint density at radius 1 is 1.14 bits per heavy atom. The highest BCUT2D eigenvalue weighted by atomic mass is 16.5. The molecular formula is C16H17N3O2. The average Bonchev–Trinajstić information content (AvgIpc) is 2.77. The minimum absolute atomic E-state index is 0.0310. The Kier molecular flexibility index (Phi) is 3.75. The molecule has 2 aromatic carbocycles. The molecule has 1 heterocycles.